The highest BCUT2D eigenvalue weighted by Crippen LogP contribution is 2.06. The fraction of sp³-hybridized carbons (Fsp3) is 0.600. The van der Waals surface area contributed by atoms with Crippen LogP contribution in [0.4, 0.5) is 0 Å². The van der Waals surface area contributed by atoms with E-state index in [4.69, 9.17) is 5.26 Å². The molecule has 0 fully saturated rings. The van der Waals surface area contributed by atoms with Crippen molar-refractivity contribution in [1.82, 2.24) is 0 Å². The minimum absolute atomic E-state index is 0.172. The number of hydrogen-bond acceptors (Lipinski definition) is 2. The molecule has 0 aliphatic rings. The zero-order chi connectivity index (χ0) is 9.23. The van der Waals surface area contributed by atoms with Gasteiger partial charge in [-0.15, -0.1) is 0 Å². The van der Waals surface area contributed by atoms with Crippen molar-refractivity contribution in [1.29, 1.82) is 0 Å². The Morgan fingerprint density at radius 3 is 2.75 bits per heavy atom. The second-order valence-electron chi connectivity index (χ2n) is 2.76. The molecule has 1 N–H and O–H groups in total. The van der Waals surface area contributed by atoms with E-state index in [0.717, 1.165) is 12.8 Å². The highest BCUT2D eigenvalue weighted by atomic mass is 17.1. The van der Waals surface area contributed by atoms with Gasteiger partial charge in [0.2, 0.25) is 0 Å². The summed E-state index contributed by atoms with van der Waals surface area (Å²) in [5.41, 5.74) is 0. The molecule has 0 aromatic rings. The number of rotatable bonds is 7. The van der Waals surface area contributed by atoms with Gasteiger partial charge < -0.3 is 0 Å². The van der Waals surface area contributed by atoms with Crippen molar-refractivity contribution in [2.24, 2.45) is 0 Å². The molecule has 70 valence electrons. The smallest absolute Gasteiger partial charge is 0.111 e. The lowest BCUT2D eigenvalue weighted by Crippen LogP contribution is -2.06. The van der Waals surface area contributed by atoms with Crippen molar-refractivity contribution in [2.75, 3.05) is 0 Å². The van der Waals surface area contributed by atoms with Gasteiger partial charge in [-0.25, -0.2) is 4.89 Å². The van der Waals surface area contributed by atoms with Crippen LogP contribution in [-0.4, -0.2) is 11.4 Å². The summed E-state index contributed by atoms with van der Waals surface area (Å²) in [7, 11) is 0. The van der Waals surface area contributed by atoms with E-state index < -0.39 is 0 Å². The molecular weight excluding hydrogens is 152 g/mol. The summed E-state index contributed by atoms with van der Waals surface area (Å²) in [4.78, 5) is 4.26. The van der Waals surface area contributed by atoms with Gasteiger partial charge in [0.15, 0.2) is 0 Å². The Bertz CT molecular complexity index is 130. The van der Waals surface area contributed by atoms with Gasteiger partial charge in [0.25, 0.3) is 0 Å². The van der Waals surface area contributed by atoms with Gasteiger partial charge in [-0.2, -0.15) is 0 Å². The topological polar surface area (TPSA) is 29.5 Å². The third-order valence-electron chi connectivity index (χ3n) is 1.69. The molecule has 2 heteroatoms. The molecule has 12 heavy (non-hydrogen) atoms. The van der Waals surface area contributed by atoms with Crippen LogP contribution in [0.5, 0.6) is 0 Å². The van der Waals surface area contributed by atoms with Crippen LogP contribution in [0.1, 0.15) is 32.6 Å². The predicted molar refractivity (Wildman–Crippen MR) is 51.0 cm³/mol. The number of allylic oxidation sites excluding steroid dienone is 2. The van der Waals surface area contributed by atoms with Crippen LogP contribution in [0.25, 0.3) is 0 Å². The van der Waals surface area contributed by atoms with Crippen LogP contribution in [0.3, 0.4) is 0 Å². The van der Waals surface area contributed by atoms with E-state index in [1.54, 1.807) is 12.2 Å². The number of hydrogen-bond donors (Lipinski definition) is 1. The van der Waals surface area contributed by atoms with E-state index in [-0.39, 0.29) is 6.10 Å². The second kappa shape index (κ2) is 8.50. The molecule has 0 rings (SSSR count). The largest absolute Gasteiger partial charge is 0.251 e. The van der Waals surface area contributed by atoms with E-state index in [9.17, 15) is 0 Å². The van der Waals surface area contributed by atoms with Gasteiger partial charge in [-0.1, -0.05) is 51.0 Å². The minimum atomic E-state index is -0.172. The molecular formula is C10H18O2. The van der Waals surface area contributed by atoms with Crippen LogP contribution in [-0.2, 0) is 4.89 Å². The van der Waals surface area contributed by atoms with E-state index in [0.29, 0.717) is 0 Å². The molecule has 0 unspecified atom stereocenters. The van der Waals surface area contributed by atoms with Crippen molar-refractivity contribution in [3.05, 3.63) is 24.8 Å². The molecule has 0 aromatic heterocycles. The molecule has 0 bridgehead atoms. The van der Waals surface area contributed by atoms with Gasteiger partial charge in [0.05, 0.1) is 0 Å². The van der Waals surface area contributed by atoms with Gasteiger partial charge in [0.1, 0.15) is 6.10 Å². The maximum Gasteiger partial charge on any atom is 0.111 e. The summed E-state index contributed by atoms with van der Waals surface area (Å²) in [5.74, 6) is 0. The first-order valence-electron chi connectivity index (χ1n) is 4.44. The molecule has 0 saturated carbocycles. The van der Waals surface area contributed by atoms with Crippen molar-refractivity contribution < 1.29 is 10.1 Å². The monoisotopic (exact) mass is 170 g/mol. The highest BCUT2D eigenvalue weighted by molar-refractivity contribution is 5.00. The predicted octanol–water partition coefficient (Wildman–Crippen LogP) is 3.17. The zero-order valence-electron chi connectivity index (χ0n) is 7.70. The SMILES string of the molecule is C=C/C=C/[C@H](CCCCC)OO. The Labute approximate surface area is 74.5 Å². The maximum atomic E-state index is 8.47. The molecule has 0 saturated heterocycles. The maximum absolute atomic E-state index is 8.47. The van der Waals surface area contributed by atoms with Crippen LogP contribution in [0.15, 0.2) is 24.8 Å². The Hall–Kier alpha value is -0.600. The minimum Gasteiger partial charge on any atom is -0.251 e. The molecule has 0 aliphatic carbocycles. The van der Waals surface area contributed by atoms with Gasteiger partial charge in [0, 0.05) is 0 Å². The summed E-state index contributed by atoms with van der Waals surface area (Å²) < 4.78 is 0. The Kier molecular flexibility index (Phi) is 8.07. The molecule has 0 heterocycles. The highest BCUT2D eigenvalue weighted by Gasteiger charge is 2.02. The Morgan fingerprint density at radius 2 is 2.25 bits per heavy atom. The van der Waals surface area contributed by atoms with E-state index in [2.05, 4.69) is 18.4 Å². The van der Waals surface area contributed by atoms with Gasteiger partial charge in [-0.05, 0) is 6.42 Å². The van der Waals surface area contributed by atoms with Crippen LogP contribution < -0.4 is 0 Å². The Balaban J connectivity index is 3.52. The van der Waals surface area contributed by atoms with Crippen molar-refractivity contribution in [2.45, 2.75) is 38.7 Å². The van der Waals surface area contributed by atoms with Crippen molar-refractivity contribution in [3.63, 3.8) is 0 Å². The lowest BCUT2D eigenvalue weighted by Gasteiger charge is -2.06. The standard InChI is InChI=1S/C10H18O2/c1-3-5-7-9-10(12-11)8-6-4-2/h4,6,8,10-11H,2-3,5,7,9H2,1H3/b8-6+/t10-/m1/s1. The molecule has 0 radical (unpaired) electrons. The van der Waals surface area contributed by atoms with E-state index in [1.165, 1.54) is 12.8 Å². The van der Waals surface area contributed by atoms with Crippen LogP contribution >= 0.6 is 0 Å². The summed E-state index contributed by atoms with van der Waals surface area (Å²) in [5, 5.41) is 8.47. The van der Waals surface area contributed by atoms with Gasteiger partial charge in [-0.3, -0.25) is 5.26 Å². The number of unbranched alkanes of at least 4 members (excludes halogenated alkanes) is 2. The van der Waals surface area contributed by atoms with Gasteiger partial charge >= 0.3 is 0 Å². The first kappa shape index (κ1) is 11.4. The quantitative estimate of drug-likeness (QED) is 0.275. The fourth-order valence-electron chi connectivity index (χ4n) is 0.982. The molecule has 0 spiro atoms. The summed E-state index contributed by atoms with van der Waals surface area (Å²) in [6.45, 7) is 5.69. The third-order valence-corrected chi connectivity index (χ3v) is 1.69. The fourth-order valence-corrected chi connectivity index (χ4v) is 0.982. The molecule has 0 amide bonds. The zero-order valence-corrected chi connectivity index (χ0v) is 7.70. The van der Waals surface area contributed by atoms with Crippen LogP contribution in [0, 0.1) is 0 Å². The summed E-state index contributed by atoms with van der Waals surface area (Å²) >= 11 is 0. The lowest BCUT2D eigenvalue weighted by atomic mass is 10.1. The first-order valence-corrected chi connectivity index (χ1v) is 4.44. The molecule has 1 atom stereocenters. The average Bonchev–Trinajstić information content (AvgIpc) is 2.11. The Morgan fingerprint density at radius 1 is 1.50 bits per heavy atom. The normalized spacial score (nSPS) is 13.5. The summed E-state index contributed by atoms with van der Waals surface area (Å²) in [6, 6.07) is 0. The molecule has 2 nitrogen and oxygen atoms in total. The van der Waals surface area contributed by atoms with Crippen molar-refractivity contribution >= 4 is 0 Å². The first-order chi connectivity index (χ1) is 5.85. The van der Waals surface area contributed by atoms with Crippen molar-refractivity contribution in [3.8, 4) is 0 Å². The summed E-state index contributed by atoms with van der Waals surface area (Å²) in [6.07, 6.45) is 9.42. The molecule has 0 aromatic carbocycles. The van der Waals surface area contributed by atoms with Crippen LogP contribution in [0.2, 0.25) is 0 Å². The lowest BCUT2D eigenvalue weighted by molar-refractivity contribution is -0.267. The van der Waals surface area contributed by atoms with E-state index in [1.807, 2.05) is 6.08 Å². The third kappa shape index (κ3) is 6.13. The second-order valence-corrected chi connectivity index (χ2v) is 2.76. The van der Waals surface area contributed by atoms with E-state index >= 15 is 0 Å². The molecule has 0 aliphatic heterocycles. The average molecular weight is 170 g/mol.